The topological polar surface area (TPSA) is 15.3 Å². The number of hydrogen-bond donors (Lipinski definition) is 1. The molecule has 2 nitrogen and oxygen atoms in total. The van der Waals surface area contributed by atoms with Crippen molar-refractivity contribution in [3.63, 3.8) is 0 Å². The lowest BCUT2D eigenvalue weighted by molar-refractivity contribution is 0.196. The summed E-state index contributed by atoms with van der Waals surface area (Å²) in [6, 6.07) is 0.694. The minimum atomic E-state index is 0.694. The number of nitrogens with one attached hydrogen (secondary N) is 1. The van der Waals surface area contributed by atoms with E-state index >= 15 is 0 Å². The second-order valence-electron chi connectivity index (χ2n) is 3.67. The molecule has 0 aromatic rings. The molecule has 0 saturated carbocycles. The van der Waals surface area contributed by atoms with E-state index in [0.29, 0.717) is 6.04 Å². The predicted molar refractivity (Wildman–Crippen MR) is 56.6 cm³/mol. The van der Waals surface area contributed by atoms with E-state index < -0.39 is 0 Å². The highest BCUT2D eigenvalue weighted by molar-refractivity contribution is 4.84. The number of unbranched alkanes of at least 4 members (excludes halogenated alkanes) is 1. The van der Waals surface area contributed by atoms with Crippen molar-refractivity contribution in [2.24, 2.45) is 0 Å². The molecule has 0 radical (unpaired) electrons. The third-order valence-electron chi connectivity index (χ3n) is 2.63. The maximum atomic E-state index is 5.22. The quantitative estimate of drug-likeness (QED) is 0.514. The highest BCUT2D eigenvalue weighted by Gasteiger charge is 2.16. The van der Waals surface area contributed by atoms with Crippen LogP contribution in [0.4, 0.5) is 0 Å². The Kier molecular flexibility index (Phi) is 4.88. The van der Waals surface area contributed by atoms with Crippen LogP contribution in [0.2, 0.25) is 0 Å². The largest absolute Gasteiger partial charge is 0.311 e. The number of hydrogen-bond acceptors (Lipinski definition) is 2. The van der Waals surface area contributed by atoms with Crippen LogP contribution in [0.5, 0.6) is 0 Å². The fourth-order valence-electron chi connectivity index (χ4n) is 1.78. The monoisotopic (exact) mass is 180 g/mol. The lowest BCUT2D eigenvalue weighted by Gasteiger charge is -2.33. The van der Waals surface area contributed by atoms with Gasteiger partial charge in [0.05, 0.1) is 0 Å². The van der Waals surface area contributed by atoms with Crippen molar-refractivity contribution < 1.29 is 0 Å². The van der Waals surface area contributed by atoms with Gasteiger partial charge in [-0.25, -0.2) is 0 Å². The van der Waals surface area contributed by atoms with E-state index in [1.165, 1.54) is 26.1 Å². The molecule has 1 unspecified atom stereocenters. The fraction of sp³-hybridized carbons (Fsp3) is 0.818. The molecule has 0 amide bonds. The van der Waals surface area contributed by atoms with Crippen molar-refractivity contribution in [2.75, 3.05) is 26.2 Å². The molecule has 1 fully saturated rings. The number of rotatable bonds is 4. The predicted octanol–water partition coefficient (Wildman–Crippen LogP) is 1.08. The van der Waals surface area contributed by atoms with Crippen molar-refractivity contribution in [2.45, 2.75) is 32.2 Å². The van der Waals surface area contributed by atoms with Gasteiger partial charge >= 0.3 is 0 Å². The molecule has 1 atom stereocenters. The third kappa shape index (κ3) is 3.80. The van der Waals surface area contributed by atoms with Crippen LogP contribution in [0.15, 0.2) is 0 Å². The first-order chi connectivity index (χ1) is 6.36. The molecule has 1 rings (SSSR count). The summed E-state index contributed by atoms with van der Waals surface area (Å²) < 4.78 is 0. The van der Waals surface area contributed by atoms with Crippen LogP contribution < -0.4 is 5.32 Å². The molecule has 1 saturated heterocycles. The Balaban J connectivity index is 2.15. The standard InChI is InChI=1S/C11H20N2/c1-3-5-6-8-13-9-7-12-11(4-2)10-13/h1,11-12H,4-10H2,2H3. The normalized spacial score (nSPS) is 24.2. The molecular formula is C11H20N2. The van der Waals surface area contributed by atoms with Gasteiger partial charge in [0, 0.05) is 32.1 Å². The summed E-state index contributed by atoms with van der Waals surface area (Å²) in [5, 5.41) is 3.51. The summed E-state index contributed by atoms with van der Waals surface area (Å²) >= 11 is 0. The van der Waals surface area contributed by atoms with Crippen LogP contribution >= 0.6 is 0 Å². The van der Waals surface area contributed by atoms with Crippen LogP contribution in [-0.2, 0) is 0 Å². The van der Waals surface area contributed by atoms with E-state index in [1.807, 2.05) is 0 Å². The van der Waals surface area contributed by atoms with Gasteiger partial charge in [-0.1, -0.05) is 6.92 Å². The van der Waals surface area contributed by atoms with E-state index in [9.17, 15) is 0 Å². The molecule has 1 aliphatic rings. The zero-order valence-electron chi connectivity index (χ0n) is 8.55. The van der Waals surface area contributed by atoms with E-state index in [2.05, 4.69) is 23.1 Å². The molecule has 1 aliphatic heterocycles. The summed E-state index contributed by atoms with van der Waals surface area (Å²) in [7, 11) is 0. The van der Waals surface area contributed by atoms with Crippen molar-refractivity contribution in [1.29, 1.82) is 0 Å². The number of piperazine rings is 1. The van der Waals surface area contributed by atoms with E-state index in [0.717, 1.165) is 19.4 Å². The summed E-state index contributed by atoms with van der Waals surface area (Å²) in [4.78, 5) is 2.52. The van der Waals surface area contributed by atoms with Crippen LogP contribution in [0, 0.1) is 12.3 Å². The Morgan fingerprint density at radius 2 is 2.46 bits per heavy atom. The maximum Gasteiger partial charge on any atom is 0.0192 e. The van der Waals surface area contributed by atoms with Crippen LogP contribution in [0.1, 0.15) is 26.2 Å². The first kappa shape index (κ1) is 10.6. The van der Waals surface area contributed by atoms with Crippen LogP contribution in [0.3, 0.4) is 0 Å². The highest BCUT2D eigenvalue weighted by atomic mass is 15.2. The SMILES string of the molecule is C#CCCCN1CCNC(CC)C1. The van der Waals surface area contributed by atoms with E-state index in [-0.39, 0.29) is 0 Å². The Bertz CT molecular complexity index is 171. The summed E-state index contributed by atoms with van der Waals surface area (Å²) in [5.41, 5.74) is 0. The van der Waals surface area contributed by atoms with Gasteiger partial charge < -0.3 is 10.2 Å². The molecule has 0 spiro atoms. The van der Waals surface area contributed by atoms with E-state index in [1.54, 1.807) is 0 Å². The smallest absolute Gasteiger partial charge is 0.0192 e. The lowest BCUT2D eigenvalue weighted by atomic mass is 10.1. The zero-order valence-corrected chi connectivity index (χ0v) is 8.55. The zero-order chi connectivity index (χ0) is 9.52. The summed E-state index contributed by atoms with van der Waals surface area (Å²) in [6.45, 7) is 6.92. The average Bonchev–Trinajstić information content (AvgIpc) is 2.19. The average molecular weight is 180 g/mol. The molecule has 0 bridgehead atoms. The molecule has 1 N–H and O–H groups in total. The molecular weight excluding hydrogens is 160 g/mol. The highest BCUT2D eigenvalue weighted by Crippen LogP contribution is 2.03. The number of terminal acetylenes is 1. The van der Waals surface area contributed by atoms with Gasteiger partial charge in [-0.3, -0.25) is 0 Å². The van der Waals surface area contributed by atoms with Gasteiger partial charge in [0.25, 0.3) is 0 Å². The van der Waals surface area contributed by atoms with Crippen LogP contribution in [0.25, 0.3) is 0 Å². The minimum absolute atomic E-state index is 0.694. The number of nitrogens with zero attached hydrogens (tertiary/aromatic N) is 1. The Labute approximate surface area is 81.7 Å². The molecule has 2 heteroatoms. The lowest BCUT2D eigenvalue weighted by Crippen LogP contribution is -2.50. The maximum absolute atomic E-state index is 5.22. The van der Waals surface area contributed by atoms with Gasteiger partial charge in [-0.2, -0.15) is 0 Å². The Hall–Kier alpha value is -0.520. The van der Waals surface area contributed by atoms with E-state index in [4.69, 9.17) is 6.42 Å². The van der Waals surface area contributed by atoms with Crippen molar-refractivity contribution in [1.82, 2.24) is 10.2 Å². The van der Waals surface area contributed by atoms with Crippen molar-refractivity contribution in [3.05, 3.63) is 0 Å². The molecule has 13 heavy (non-hydrogen) atoms. The van der Waals surface area contributed by atoms with Gasteiger partial charge in [-0.15, -0.1) is 12.3 Å². The summed E-state index contributed by atoms with van der Waals surface area (Å²) in [6.07, 6.45) is 8.51. The second-order valence-corrected chi connectivity index (χ2v) is 3.67. The first-order valence-corrected chi connectivity index (χ1v) is 5.26. The molecule has 0 aliphatic carbocycles. The molecule has 0 aromatic heterocycles. The molecule has 74 valence electrons. The summed E-state index contributed by atoms with van der Waals surface area (Å²) in [5.74, 6) is 2.69. The fourth-order valence-corrected chi connectivity index (χ4v) is 1.78. The van der Waals surface area contributed by atoms with Crippen LogP contribution in [-0.4, -0.2) is 37.1 Å². The first-order valence-electron chi connectivity index (χ1n) is 5.26. The minimum Gasteiger partial charge on any atom is -0.311 e. The third-order valence-corrected chi connectivity index (χ3v) is 2.63. The second kappa shape index (κ2) is 6.01. The van der Waals surface area contributed by atoms with Gasteiger partial charge in [0.2, 0.25) is 0 Å². The Morgan fingerprint density at radius 1 is 1.62 bits per heavy atom. The molecule has 1 heterocycles. The molecule has 0 aromatic carbocycles. The van der Waals surface area contributed by atoms with Gasteiger partial charge in [0.15, 0.2) is 0 Å². The van der Waals surface area contributed by atoms with Crippen molar-refractivity contribution in [3.8, 4) is 12.3 Å². The van der Waals surface area contributed by atoms with Gasteiger partial charge in [0.1, 0.15) is 0 Å². The Morgan fingerprint density at radius 3 is 3.15 bits per heavy atom. The van der Waals surface area contributed by atoms with Gasteiger partial charge in [-0.05, 0) is 19.4 Å². The van der Waals surface area contributed by atoms with Crippen molar-refractivity contribution >= 4 is 0 Å².